The normalized spacial score (nSPS) is 10.9. The minimum absolute atomic E-state index is 0.195. The summed E-state index contributed by atoms with van der Waals surface area (Å²) in [6.07, 6.45) is 8.98. The first-order valence-electron chi connectivity index (χ1n) is 27.5. The van der Waals surface area contributed by atoms with E-state index in [1.165, 1.54) is 52.8 Å². The van der Waals surface area contributed by atoms with Crippen LogP contribution in [0.4, 0.5) is 30.4 Å². The lowest BCUT2D eigenvalue weighted by atomic mass is 10.1. The number of carbonyl (C=O) groups excluding carboxylic acids is 3. The zero-order valence-electron chi connectivity index (χ0n) is 49.2. The lowest BCUT2D eigenvalue weighted by Crippen LogP contribution is -2.10. The third kappa shape index (κ3) is 21.5. The highest BCUT2D eigenvalue weighted by Gasteiger charge is 2.22. The van der Waals surface area contributed by atoms with E-state index in [9.17, 15) is 14.4 Å². The molecule has 0 spiro atoms. The van der Waals surface area contributed by atoms with Gasteiger partial charge in [0.1, 0.15) is 32.1 Å². The highest BCUT2D eigenvalue weighted by Crippen LogP contribution is 2.40. The molecular formula is C65H43Cl9N12O8S3. The maximum Gasteiger partial charge on any atom is 0.300 e. The van der Waals surface area contributed by atoms with Gasteiger partial charge < -0.3 is 34.3 Å². The van der Waals surface area contributed by atoms with E-state index in [4.69, 9.17) is 128 Å². The monoisotopic (exact) mass is 1530 g/mol. The highest BCUT2D eigenvalue weighted by atomic mass is 35.5. The number of rotatable bonds is 18. The van der Waals surface area contributed by atoms with Crippen molar-refractivity contribution in [1.82, 2.24) is 15.0 Å². The second-order valence-electron chi connectivity index (χ2n) is 19.0. The van der Waals surface area contributed by atoms with Crippen molar-refractivity contribution in [3.05, 3.63) is 262 Å². The molecule has 0 aliphatic rings. The number of aromatic nitrogens is 3. The number of halogens is 9. The van der Waals surface area contributed by atoms with E-state index in [-0.39, 0.29) is 35.0 Å². The Morgan fingerprint density at radius 1 is 0.392 bits per heavy atom. The Bertz CT molecular complexity index is 4300. The summed E-state index contributed by atoms with van der Waals surface area (Å²) in [7, 11) is 0. The van der Waals surface area contributed by atoms with Gasteiger partial charge in [0.05, 0.1) is 52.5 Å². The number of benzene rings is 6. The Morgan fingerprint density at radius 3 is 0.866 bits per heavy atom. The van der Waals surface area contributed by atoms with E-state index in [0.717, 1.165) is 23.6 Å². The summed E-state index contributed by atoms with van der Waals surface area (Å²) in [5.74, 6) is -1.40. The van der Waals surface area contributed by atoms with E-state index >= 15 is 0 Å². The van der Waals surface area contributed by atoms with Crippen LogP contribution in [-0.4, -0.2) is 62.4 Å². The minimum atomic E-state index is -0.833. The van der Waals surface area contributed by atoms with Crippen LogP contribution < -0.4 is 32.2 Å². The lowest BCUT2D eigenvalue weighted by Gasteiger charge is -2.03. The SMILES string of the molecule is CC(=O)O.O=C(Nc1sc(N/N=C\c2ccc(Cl)cc2Cl)nc1-c1ccc(Cl)cc1)c1ccco1.O=C(Nc1sc(N/N=C\c2ccc(Cl)cc2Cl)nc1-c1ccc(Cl)cc1)c1ccco1.O=C(Nc1sc(N/N=C\c2ccc(Cl)cc2Cl)nc1-c1ccc(Cl)cc1)c1ccco1. The molecule has 0 atom stereocenters. The minimum Gasteiger partial charge on any atom is -0.481 e. The van der Waals surface area contributed by atoms with Gasteiger partial charge in [-0.25, -0.2) is 15.0 Å². The maximum absolute atomic E-state index is 12.5. The molecule has 6 aromatic heterocycles. The maximum atomic E-state index is 12.5. The second kappa shape index (κ2) is 35.3. The van der Waals surface area contributed by atoms with Gasteiger partial charge in [0.25, 0.3) is 23.7 Å². The van der Waals surface area contributed by atoms with E-state index in [0.29, 0.717) is 109 Å². The predicted molar refractivity (Wildman–Crippen MR) is 394 cm³/mol. The third-order valence-corrected chi connectivity index (χ3v) is 17.2. The van der Waals surface area contributed by atoms with E-state index in [1.54, 1.807) is 146 Å². The van der Waals surface area contributed by atoms with Crippen molar-refractivity contribution in [3.63, 3.8) is 0 Å². The van der Waals surface area contributed by atoms with Gasteiger partial charge in [-0.15, -0.1) is 0 Å². The first kappa shape index (κ1) is 72.2. The van der Waals surface area contributed by atoms with Crippen molar-refractivity contribution >= 4 is 211 Å². The zero-order chi connectivity index (χ0) is 69.0. The molecule has 0 aliphatic carbocycles. The average molecular weight is 1540 g/mol. The van der Waals surface area contributed by atoms with Gasteiger partial charge >= 0.3 is 0 Å². The molecule has 0 unspecified atom stereocenters. The quantitative estimate of drug-likeness (QED) is 0.0311. The number of nitrogens with one attached hydrogen (secondary N) is 6. The van der Waals surface area contributed by atoms with Crippen LogP contribution >= 0.6 is 138 Å². The number of hydrogen-bond acceptors (Lipinski definition) is 19. The van der Waals surface area contributed by atoms with Crippen LogP contribution in [0.5, 0.6) is 0 Å². The van der Waals surface area contributed by atoms with Gasteiger partial charge in [-0.1, -0.05) is 193 Å². The molecule has 0 saturated carbocycles. The van der Waals surface area contributed by atoms with E-state index in [1.807, 2.05) is 36.4 Å². The molecule has 0 aliphatic heterocycles. The average Bonchev–Trinajstić information content (AvgIpc) is 1.70. The molecule has 0 fully saturated rings. The number of aliphatic carboxylic acids is 1. The van der Waals surface area contributed by atoms with Crippen LogP contribution in [0.2, 0.25) is 45.2 Å². The number of amides is 3. The Morgan fingerprint density at radius 2 is 0.639 bits per heavy atom. The summed E-state index contributed by atoms with van der Waals surface area (Å²) in [6.45, 7) is 1.08. The summed E-state index contributed by atoms with van der Waals surface area (Å²) in [6, 6.07) is 46.4. The van der Waals surface area contributed by atoms with Crippen LogP contribution in [-0.2, 0) is 4.79 Å². The number of carbonyl (C=O) groups is 4. The molecule has 492 valence electrons. The molecule has 97 heavy (non-hydrogen) atoms. The van der Waals surface area contributed by atoms with Crippen molar-refractivity contribution in [2.45, 2.75) is 6.92 Å². The van der Waals surface area contributed by atoms with Gasteiger partial charge in [0.15, 0.2) is 17.3 Å². The molecule has 6 heterocycles. The first-order valence-corrected chi connectivity index (χ1v) is 33.3. The smallest absolute Gasteiger partial charge is 0.300 e. The van der Waals surface area contributed by atoms with Gasteiger partial charge in [-0.3, -0.25) is 35.5 Å². The molecule has 20 nitrogen and oxygen atoms in total. The summed E-state index contributed by atoms with van der Waals surface area (Å²) in [5.41, 5.74) is 14.8. The largest absolute Gasteiger partial charge is 0.481 e. The van der Waals surface area contributed by atoms with Crippen LogP contribution in [0.15, 0.2) is 211 Å². The molecule has 0 radical (unpaired) electrons. The van der Waals surface area contributed by atoms with Crippen LogP contribution in [0.1, 0.15) is 55.3 Å². The fourth-order valence-corrected chi connectivity index (χ4v) is 12.0. The van der Waals surface area contributed by atoms with Crippen molar-refractivity contribution < 1.29 is 37.5 Å². The van der Waals surface area contributed by atoms with Crippen molar-refractivity contribution in [2.24, 2.45) is 15.3 Å². The van der Waals surface area contributed by atoms with Gasteiger partial charge in [0, 0.05) is 70.4 Å². The number of carboxylic acid groups (broad SMARTS) is 1. The molecule has 3 amide bonds. The lowest BCUT2D eigenvalue weighted by molar-refractivity contribution is -0.134. The second-order valence-corrected chi connectivity index (χ2v) is 25.9. The summed E-state index contributed by atoms with van der Waals surface area (Å²) >= 11 is 57.9. The number of carboxylic acids is 1. The van der Waals surface area contributed by atoms with Crippen LogP contribution in [0.3, 0.4) is 0 Å². The number of hydrazone groups is 3. The number of nitrogens with zero attached hydrogens (tertiary/aromatic N) is 6. The molecule has 12 rings (SSSR count). The standard InChI is InChI=1S/3C21H13Cl3N4O2S.C2H4O2/c3*22-14-6-3-12(4-7-14)18-20(27-19(29)17-2-1-9-30-17)31-21(26-18)28-25-11-13-5-8-15(23)10-16(13)24;1-2(3)4/h3*1-11H,(H,26,28)(H,27,29);1H3,(H,3,4)/b3*25-11-;. The first-order chi connectivity index (χ1) is 46.7. The van der Waals surface area contributed by atoms with Gasteiger partial charge in [0.2, 0.25) is 15.4 Å². The fourth-order valence-electron chi connectivity index (χ4n) is 7.78. The van der Waals surface area contributed by atoms with E-state index in [2.05, 4.69) is 62.5 Å². The number of hydrogen-bond donors (Lipinski definition) is 7. The fraction of sp³-hybridized carbons (Fsp3) is 0.0154. The molecular weight excluding hydrogens is 1490 g/mol. The Balaban J connectivity index is 0.000000166. The van der Waals surface area contributed by atoms with Crippen molar-refractivity contribution in [2.75, 3.05) is 32.2 Å². The molecule has 7 N–H and O–H groups in total. The molecule has 0 bridgehead atoms. The van der Waals surface area contributed by atoms with Gasteiger partial charge in [-0.05, 0) is 109 Å². The molecule has 32 heteroatoms. The highest BCUT2D eigenvalue weighted by molar-refractivity contribution is 7.21. The Labute approximate surface area is 608 Å². The molecule has 12 aromatic rings. The van der Waals surface area contributed by atoms with Crippen molar-refractivity contribution in [3.8, 4) is 33.8 Å². The van der Waals surface area contributed by atoms with Crippen LogP contribution in [0, 0.1) is 0 Å². The predicted octanol–water partition coefficient (Wildman–Crippen LogP) is 21.3. The number of thiazole rings is 3. The number of furan rings is 3. The summed E-state index contributed by atoms with van der Waals surface area (Å²) < 4.78 is 15.5. The Kier molecular flexibility index (Phi) is 26.3. The third-order valence-electron chi connectivity index (χ3n) is 12.1. The Hall–Kier alpha value is -9.05. The summed E-state index contributed by atoms with van der Waals surface area (Å²) in [4.78, 5) is 60.1. The van der Waals surface area contributed by atoms with Crippen molar-refractivity contribution in [1.29, 1.82) is 0 Å². The molecule has 6 aromatic carbocycles. The van der Waals surface area contributed by atoms with E-state index < -0.39 is 5.97 Å². The van der Waals surface area contributed by atoms with Crippen LogP contribution in [0.25, 0.3) is 33.8 Å². The van der Waals surface area contributed by atoms with Gasteiger partial charge in [-0.2, -0.15) is 15.3 Å². The topological polar surface area (TPSA) is 276 Å². The zero-order valence-corrected chi connectivity index (χ0v) is 58.4. The number of anilines is 6. The summed E-state index contributed by atoms with van der Waals surface area (Å²) in [5, 5.41) is 36.3. The molecule has 0 saturated heterocycles.